The molecule has 13 heavy (non-hydrogen) atoms. The average molecular weight is 186 g/mol. The summed E-state index contributed by atoms with van der Waals surface area (Å²) in [6.45, 7) is 6.95. The Morgan fingerprint density at radius 3 is 2.62 bits per heavy atom. The SMILES string of the molecule is CC(C)(C)OC(=O)C1CCCOC1. The van der Waals surface area contributed by atoms with Crippen molar-refractivity contribution in [3.63, 3.8) is 0 Å². The standard InChI is InChI=1S/C10H18O3/c1-10(2,3)13-9(11)8-5-4-6-12-7-8/h8H,4-7H2,1-3H3. The highest BCUT2D eigenvalue weighted by atomic mass is 16.6. The van der Waals surface area contributed by atoms with Crippen molar-refractivity contribution in [2.45, 2.75) is 39.2 Å². The predicted molar refractivity (Wildman–Crippen MR) is 49.4 cm³/mol. The van der Waals surface area contributed by atoms with Gasteiger partial charge in [-0.1, -0.05) is 0 Å². The van der Waals surface area contributed by atoms with Crippen molar-refractivity contribution < 1.29 is 14.3 Å². The van der Waals surface area contributed by atoms with Crippen LogP contribution in [0.15, 0.2) is 0 Å². The fraction of sp³-hybridized carbons (Fsp3) is 0.900. The van der Waals surface area contributed by atoms with Gasteiger partial charge in [0.1, 0.15) is 5.60 Å². The molecular weight excluding hydrogens is 168 g/mol. The summed E-state index contributed by atoms with van der Waals surface area (Å²) in [6, 6.07) is 0. The molecule has 0 aliphatic carbocycles. The van der Waals surface area contributed by atoms with E-state index < -0.39 is 0 Å². The molecule has 3 nitrogen and oxygen atoms in total. The Hall–Kier alpha value is -0.570. The maximum atomic E-state index is 11.5. The van der Waals surface area contributed by atoms with Crippen molar-refractivity contribution in [1.29, 1.82) is 0 Å². The van der Waals surface area contributed by atoms with E-state index in [4.69, 9.17) is 9.47 Å². The third-order valence-corrected chi connectivity index (χ3v) is 1.90. The summed E-state index contributed by atoms with van der Waals surface area (Å²) in [7, 11) is 0. The first kappa shape index (κ1) is 10.5. The first-order chi connectivity index (χ1) is 5.99. The number of ether oxygens (including phenoxy) is 2. The molecule has 1 aliphatic rings. The van der Waals surface area contributed by atoms with E-state index in [0.717, 1.165) is 19.4 Å². The lowest BCUT2D eigenvalue weighted by Gasteiger charge is -2.25. The van der Waals surface area contributed by atoms with E-state index in [1.807, 2.05) is 20.8 Å². The van der Waals surface area contributed by atoms with Gasteiger partial charge in [0.15, 0.2) is 0 Å². The molecule has 0 aromatic rings. The van der Waals surface area contributed by atoms with Gasteiger partial charge in [-0.05, 0) is 33.6 Å². The predicted octanol–water partition coefficient (Wildman–Crippen LogP) is 1.75. The van der Waals surface area contributed by atoms with E-state index in [0.29, 0.717) is 6.61 Å². The molecule has 1 rings (SSSR count). The number of rotatable bonds is 1. The summed E-state index contributed by atoms with van der Waals surface area (Å²) >= 11 is 0. The van der Waals surface area contributed by atoms with E-state index in [-0.39, 0.29) is 17.5 Å². The van der Waals surface area contributed by atoms with Gasteiger partial charge in [-0.3, -0.25) is 4.79 Å². The molecular formula is C10H18O3. The van der Waals surface area contributed by atoms with Crippen LogP contribution < -0.4 is 0 Å². The minimum atomic E-state index is -0.380. The normalized spacial score (nSPS) is 24.1. The third-order valence-electron chi connectivity index (χ3n) is 1.90. The highest BCUT2D eigenvalue weighted by Gasteiger charge is 2.26. The second-order valence-electron chi connectivity index (χ2n) is 4.45. The van der Waals surface area contributed by atoms with E-state index in [1.54, 1.807) is 0 Å². The maximum absolute atomic E-state index is 11.5. The van der Waals surface area contributed by atoms with Gasteiger partial charge in [0.25, 0.3) is 0 Å². The van der Waals surface area contributed by atoms with Gasteiger partial charge in [-0.2, -0.15) is 0 Å². The molecule has 3 heteroatoms. The Morgan fingerprint density at radius 1 is 1.46 bits per heavy atom. The average Bonchev–Trinajstić information content (AvgIpc) is 2.03. The van der Waals surface area contributed by atoms with Crippen LogP contribution in [0.2, 0.25) is 0 Å². The lowest BCUT2D eigenvalue weighted by atomic mass is 10.0. The second-order valence-corrected chi connectivity index (χ2v) is 4.45. The number of carbonyl (C=O) groups is 1. The number of hydrogen-bond acceptors (Lipinski definition) is 3. The summed E-state index contributed by atoms with van der Waals surface area (Å²) in [6.07, 6.45) is 1.86. The first-order valence-corrected chi connectivity index (χ1v) is 4.79. The summed E-state index contributed by atoms with van der Waals surface area (Å²) < 4.78 is 10.5. The zero-order valence-electron chi connectivity index (χ0n) is 8.63. The van der Waals surface area contributed by atoms with E-state index in [2.05, 4.69) is 0 Å². The van der Waals surface area contributed by atoms with E-state index >= 15 is 0 Å². The van der Waals surface area contributed by atoms with Gasteiger partial charge in [-0.25, -0.2) is 0 Å². The number of esters is 1. The van der Waals surface area contributed by atoms with E-state index in [9.17, 15) is 4.79 Å². The summed E-state index contributed by atoms with van der Waals surface area (Å²) in [5.41, 5.74) is -0.380. The lowest BCUT2D eigenvalue weighted by molar-refractivity contribution is -0.164. The Bertz CT molecular complexity index is 175. The molecule has 1 aliphatic heterocycles. The molecule has 1 unspecified atom stereocenters. The fourth-order valence-electron chi connectivity index (χ4n) is 1.31. The quantitative estimate of drug-likeness (QED) is 0.585. The Morgan fingerprint density at radius 2 is 2.15 bits per heavy atom. The Labute approximate surface area is 79.4 Å². The fourth-order valence-corrected chi connectivity index (χ4v) is 1.31. The molecule has 0 aromatic carbocycles. The number of carbonyl (C=O) groups excluding carboxylic acids is 1. The van der Waals surface area contributed by atoms with Crippen molar-refractivity contribution in [2.75, 3.05) is 13.2 Å². The molecule has 0 saturated carbocycles. The molecule has 1 saturated heterocycles. The molecule has 1 fully saturated rings. The summed E-state index contributed by atoms with van der Waals surface area (Å²) in [4.78, 5) is 11.5. The Kier molecular flexibility index (Phi) is 3.31. The van der Waals surface area contributed by atoms with Crippen molar-refractivity contribution >= 4 is 5.97 Å². The lowest BCUT2D eigenvalue weighted by Crippen LogP contribution is -2.32. The van der Waals surface area contributed by atoms with Crippen molar-refractivity contribution in [3.05, 3.63) is 0 Å². The monoisotopic (exact) mass is 186 g/mol. The van der Waals surface area contributed by atoms with Crippen LogP contribution in [-0.2, 0) is 14.3 Å². The van der Waals surface area contributed by atoms with Gasteiger partial charge in [0, 0.05) is 6.61 Å². The van der Waals surface area contributed by atoms with Crippen LogP contribution in [0.1, 0.15) is 33.6 Å². The molecule has 0 spiro atoms. The zero-order chi connectivity index (χ0) is 9.90. The van der Waals surface area contributed by atoms with Gasteiger partial charge < -0.3 is 9.47 Å². The minimum absolute atomic E-state index is 0.0482. The van der Waals surface area contributed by atoms with Crippen LogP contribution in [0.3, 0.4) is 0 Å². The topological polar surface area (TPSA) is 35.5 Å². The molecule has 0 aromatic heterocycles. The van der Waals surface area contributed by atoms with Gasteiger partial charge in [-0.15, -0.1) is 0 Å². The highest BCUT2D eigenvalue weighted by molar-refractivity contribution is 5.73. The van der Waals surface area contributed by atoms with Crippen molar-refractivity contribution in [3.8, 4) is 0 Å². The van der Waals surface area contributed by atoms with Crippen molar-refractivity contribution in [2.24, 2.45) is 5.92 Å². The third kappa shape index (κ3) is 3.77. The summed E-state index contributed by atoms with van der Waals surface area (Å²) in [5, 5.41) is 0. The van der Waals surface area contributed by atoms with Crippen LogP contribution in [0.5, 0.6) is 0 Å². The van der Waals surface area contributed by atoms with Gasteiger partial charge in [0.05, 0.1) is 12.5 Å². The van der Waals surface area contributed by atoms with Crippen LogP contribution in [0.4, 0.5) is 0 Å². The molecule has 0 radical (unpaired) electrons. The minimum Gasteiger partial charge on any atom is -0.460 e. The second kappa shape index (κ2) is 4.09. The highest BCUT2D eigenvalue weighted by Crippen LogP contribution is 2.18. The largest absolute Gasteiger partial charge is 0.460 e. The summed E-state index contributed by atoms with van der Waals surface area (Å²) in [5.74, 6) is -0.167. The zero-order valence-corrected chi connectivity index (χ0v) is 8.63. The molecule has 0 amide bonds. The molecule has 0 N–H and O–H groups in total. The van der Waals surface area contributed by atoms with Gasteiger partial charge in [0.2, 0.25) is 0 Å². The van der Waals surface area contributed by atoms with Crippen molar-refractivity contribution in [1.82, 2.24) is 0 Å². The molecule has 1 heterocycles. The van der Waals surface area contributed by atoms with Crippen LogP contribution in [0, 0.1) is 5.92 Å². The van der Waals surface area contributed by atoms with Crippen LogP contribution in [-0.4, -0.2) is 24.8 Å². The molecule has 0 bridgehead atoms. The first-order valence-electron chi connectivity index (χ1n) is 4.79. The molecule has 76 valence electrons. The van der Waals surface area contributed by atoms with Crippen LogP contribution in [0.25, 0.3) is 0 Å². The molecule has 1 atom stereocenters. The number of hydrogen-bond donors (Lipinski definition) is 0. The van der Waals surface area contributed by atoms with E-state index in [1.165, 1.54) is 0 Å². The van der Waals surface area contributed by atoms with Crippen LogP contribution >= 0.6 is 0 Å². The Balaban J connectivity index is 2.38. The maximum Gasteiger partial charge on any atom is 0.311 e. The van der Waals surface area contributed by atoms with Gasteiger partial charge >= 0.3 is 5.97 Å². The smallest absolute Gasteiger partial charge is 0.311 e.